The molecule has 120 valence electrons. The molecule has 0 radical (unpaired) electrons. The van der Waals surface area contributed by atoms with E-state index in [1.807, 2.05) is 40.7 Å². The number of aryl methyl sites for hydroxylation is 1. The number of rotatable bonds is 6. The van der Waals surface area contributed by atoms with Crippen molar-refractivity contribution in [2.45, 2.75) is 51.8 Å². The van der Waals surface area contributed by atoms with Crippen LogP contribution in [0.3, 0.4) is 0 Å². The van der Waals surface area contributed by atoms with Crippen molar-refractivity contribution in [1.29, 1.82) is 0 Å². The van der Waals surface area contributed by atoms with Crippen molar-refractivity contribution >= 4 is 11.0 Å². The van der Waals surface area contributed by atoms with Crippen LogP contribution in [0.1, 0.15) is 44.9 Å². The van der Waals surface area contributed by atoms with Crippen LogP contribution in [-0.2, 0) is 11.0 Å². The van der Waals surface area contributed by atoms with E-state index >= 15 is 0 Å². The summed E-state index contributed by atoms with van der Waals surface area (Å²) in [7, 11) is -1.17. The summed E-state index contributed by atoms with van der Waals surface area (Å²) in [6, 6.07) is 5.08. The van der Waals surface area contributed by atoms with Gasteiger partial charge in [0.1, 0.15) is 12.4 Å². The first kappa shape index (κ1) is 18.0. The predicted molar refractivity (Wildman–Crippen MR) is 82.1 cm³/mol. The Bertz CT molecular complexity index is 501. The number of ether oxygens (including phenoxy) is 1. The molecule has 1 N–H and O–H groups in total. The van der Waals surface area contributed by atoms with Crippen LogP contribution in [0, 0.1) is 6.92 Å². The smallest absolute Gasteiger partial charge is 0.272 e. The second kappa shape index (κ2) is 7.31. The molecule has 1 rings (SSSR count). The average Bonchev–Trinajstić information content (AvgIpc) is 2.34. The summed E-state index contributed by atoms with van der Waals surface area (Å²) >= 11 is 0. The van der Waals surface area contributed by atoms with Gasteiger partial charge in [-0.1, -0.05) is 6.07 Å². The van der Waals surface area contributed by atoms with Crippen molar-refractivity contribution in [3.8, 4) is 5.75 Å². The molecule has 1 aromatic carbocycles. The molecule has 0 fully saturated rings. The maximum Gasteiger partial charge on any atom is 0.272 e. The summed E-state index contributed by atoms with van der Waals surface area (Å²) in [5.74, 6) is 0.417. The third-order valence-corrected chi connectivity index (χ3v) is 4.60. The van der Waals surface area contributed by atoms with Gasteiger partial charge in [-0.3, -0.25) is 0 Å². The van der Waals surface area contributed by atoms with Crippen molar-refractivity contribution < 1.29 is 17.7 Å². The molecule has 0 heterocycles. The highest BCUT2D eigenvalue weighted by molar-refractivity contribution is 7.84. The Hall–Kier alpha value is -1.01. The quantitative estimate of drug-likeness (QED) is 0.867. The van der Waals surface area contributed by atoms with Crippen LogP contribution in [0.15, 0.2) is 18.2 Å². The van der Waals surface area contributed by atoms with Crippen molar-refractivity contribution in [3.05, 3.63) is 29.3 Å². The molecule has 0 amide bonds. The van der Waals surface area contributed by atoms with Crippen LogP contribution < -0.4 is 9.46 Å². The average molecular weight is 319 g/mol. The van der Waals surface area contributed by atoms with E-state index in [2.05, 4.69) is 4.72 Å². The first-order valence-corrected chi connectivity index (χ1v) is 7.95. The van der Waals surface area contributed by atoms with Gasteiger partial charge < -0.3 is 4.74 Å². The zero-order chi connectivity index (χ0) is 16.2. The molecule has 0 saturated carbocycles. The third-order valence-electron chi connectivity index (χ3n) is 2.92. The van der Waals surface area contributed by atoms with E-state index in [-0.39, 0.29) is 10.8 Å². The van der Waals surface area contributed by atoms with Gasteiger partial charge in [0.2, 0.25) is 0 Å². The summed E-state index contributed by atoms with van der Waals surface area (Å²) in [6.45, 7) is 8.89. The van der Waals surface area contributed by atoms with E-state index < -0.39 is 24.0 Å². The highest BCUT2D eigenvalue weighted by Crippen LogP contribution is 2.24. The fourth-order valence-corrected chi connectivity index (χ4v) is 2.59. The van der Waals surface area contributed by atoms with Crippen molar-refractivity contribution in [3.63, 3.8) is 0 Å². The SMILES string of the molecule is Cc1cc(OCC(F)F)ccc1[C@@H](C)NS(=O)C(C)(C)C. The molecule has 0 aliphatic heterocycles. The molecule has 0 spiro atoms. The lowest BCUT2D eigenvalue weighted by Gasteiger charge is -2.23. The normalized spacial score (nSPS) is 15.0. The van der Waals surface area contributed by atoms with Gasteiger partial charge in [0.05, 0.1) is 15.7 Å². The van der Waals surface area contributed by atoms with E-state index in [9.17, 15) is 13.0 Å². The molecular formula is C15H23F2NO2S. The van der Waals surface area contributed by atoms with Crippen molar-refractivity contribution in [2.24, 2.45) is 0 Å². The van der Waals surface area contributed by atoms with Crippen LogP contribution in [0.25, 0.3) is 0 Å². The molecule has 1 aromatic rings. The molecule has 1 unspecified atom stereocenters. The Kier molecular flexibility index (Phi) is 6.28. The number of hydrogen-bond donors (Lipinski definition) is 1. The molecule has 0 bridgehead atoms. The standard InChI is InChI=1S/C15H23F2NO2S/c1-10-8-12(20-9-14(16)17)6-7-13(10)11(2)18-21(19)15(3,4)5/h6-8,11,14,18H,9H2,1-5H3/t11-,21?/m1/s1. The Morgan fingerprint density at radius 2 is 1.95 bits per heavy atom. The number of benzene rings is 1. The second-order valence-corrected chi connectivity index (χ2v) is 7.94. The lowest BCUT2D eigenvalue weighted by molar-refractivity contribution is 0.0818. The minimum Gasteiger partial charge on any atom is -0.488 e. The second-order valence-electron chi connectivity index (χ2n) is 5.94. The van der Waals surface area contributed by atoms with Crippen LogP contribution in [-0.4, -0.2) is 22.0 Å². The number of halogens is 2. The Morgan fingerprint density at radius 3 is 2.43 bits per heavy atom. The van der Waals surface area contributed by atoms with Gasteiger partial charge in [0.15, 0.2) is 0 Å². The minimum atomic E-state index is -2.49. The van der Waals surface area contributed by atoms with E-state index in [0.717, 1.165) is 11.1 Å². The Morgan fingerprint density at radius 1 is 1.33 bits per heavy atom. The zero-order valence-electron chi connectivity index (χ0n) is 13.1. The van der Waals surface area contributed by atoms with Gasteiger partial charge in [0, 0.05) is 6.04 Å². The minimum absolute atomic E-state index is 0.103. The summed E-state index contributed by atoms with van der Waals surface area (Å²) in [4.78, 5) is 0. The van der Waals surface area contributed by atoms with E-state index in [0.29, 0.717) is 5.75 Å². The number of nitrogens with one attached hydrogen (secondary N) is 1. The van der Waals surface area contributed by atoms with Gasteiger partial charge in [0.25, 0.3) is 6.43 Å². The van der Waals surface area contributed by atoms with Gasteiger partial charge in [-0.2, -0.15) is 0 Å². The molecule has 3 nitrogen and oxygen atoms in total. The molecule has 0 aliphatic rings. The Labute approximate surface area is 127 Å². The van der Waals surface area contributed by atoms with E-state index in [1.54, 1.807) is 12.1 Å². The summed E-state index contributed by atoms with van der Waals surface area (Å²) < 4.78 is 44.0. The first-order valence-electron chi connectivity index (χ1n) is 6.81. The molecule has 0 aliphatic carbocycles. The van der Waals surface area contributed by atoms with E-state index in [4.69, 9.17) is 4.74 Å². The third kappa shape index (κ3) is 5.71. The van der Waals surface area contributed by atoms with Gasteiger partial charge in [-0.25, -0.2) is 17.7 Å². The van der Waals surface area contributed by atoms with E-state index in [1.165, 1.54) is 0 Å². The molecule has 0 aromatic heterocycles. The highest BCUT2D eigenvalue weighted by Gasteiger charge is 2.22. The fraction of sp³-hybridized carbons (Fsp3) is 0.600. The predicted octanol–water partition coefficient (Wildman–Crippen LogP) is 3.75. The lowest BCUT2D eigenvalue weighted by Crippen LogP contribution is -2.35. The topological polar surface area (TPSA) is 38.3 Å². The highest BCUT2D eigenvalue weighted by atomic mass is 32.2. The largest absolute Gasteiger partial charge is 0.488 e. The van der Waals surface area contributed by atoms with Crippen LogP contribution >= 0.6 is 0 Å². The van der Waals surface area contributed by atoms with Gasteiger partial charge >= 0.3 is 0 Å². The lowest BCUT2D eigenvalue weighted by atomic mass is 10.0. The van der Waals surface area contributed by atoms with Crippen molar-refractivity contribution in [2.75, 3.05) is 6.61 Å². The van der Waals surface area contributed by atoms with Crippen LogP contribution in [0.4, 0.5) is 8.78 Å². The molecule has 21 heavy (non-hydrogen) atoms. The van der Waals surface area contributed by atoms with Gasteiger partial charge in [-0.15, -0.1) is 0 Å². The molecular weight excluding hydrogens is 296 g/mol. The first-order chi connectivity index (χ1) is 9.61. The maximum absolute atomic E-state index is 12.1. The summed E-state index contributed by atoms with van der Waals surface area (Å²) in [5.41, 5.74) is 1.88. The van der Waals surface area contributed by atoms with Crippen LogP contribution in [0.5, 0.6) is 5.75 Å². The zero-order valence-corrected chi connectivity index (χ0v) is 13.9. The molecule has 2 atom stereocenters. The fourth-order valence-electron chi connectivity index (χ4n) is 1.78. The maximum atomic E-state index is 12.1. The van der Waals surface area contributed by atoms with Gasteiger partial charge in [-0.05, 0) is 57.9 Å². The molecule has 0 saturated heterocycles. The summed E-state index contributed by atoms with van der Waals surface area (Å²) in [6.07, 6.45) is -2.49. The van der Waals surface area contributed by atoms with Crippen molar-refractivity contribution in [1.82, 2.24) is 4.72 Å². The number of hydrogen-bond acceptors (Lipinski definition) is 2. The number of alkyl halides is 2. The van der Waals surface area contributed by atoms with Crippen LogP contribution in [0.2, 0.25) is 0 Å². The Balaban J connectivity index is 2.77. The summed E-state index contributed by atoms with van der Waals surface area (Å²) in [5, 5.41) is 0. The molecule has 6 heteroatoms. The monoisotopic (exact) mass is 319 g/mol.